The molecule has 1 unspecified atom stereocenters. The Morgan fingerprint density at radius 1 is 0.941 bits per heavy atom. The zero-order valence-corrected chi connectivity index (χ0v) is 10.7. The first-order chi connectivity index (χ1) is 8.24. The first kappa shape index (κ1) is 11.4. The number of amidine groups is 1. The van der Waals surface area contributed by atoms with E-state index >= 15 is 0 Å². The minimum atomic E-state index is 0.362. The van der Waals surface area contributed by atoms with Gasteiger partial charge in [-0.3, -0.25) is 15.2 Å². The summed E-state index contributed by atoms with van der Waals surface area (Å²) in [5, 5.41) is 8.44. The van der Waals surface area contributed by atoms with Crippen LogP contribution in [0.25, 0.3) is 0 Å². The molecule has 0 aromatic rings. The quantitative estimate of drug-likeness (QED) is 0.479. The van der Waals surface area contributed by atoms with Crippen molar-refractivity contribution in [2.75, 3.05) is 66.0 Å². The Bertz CT molecular complexity index is 289. The van der Waals surface area contributed by atoms with Gasteiger partial charge >= 0.3 is 0 Å². The van der Waals surface area contributed by atoms with Crippen molar-refractivity contribution in [3.8, 4) is 0 Å². The summed E-state index contributed by atoms with van der Waals surface area (Å²) in [6.07, 6.45) is 0. The summed E-state index contributed by atoms with van der Waals surface area (Å²) >= 11 is 0. The average molecular weight is 237 g/mol. The van der Waals surface area contributed by atoms with Crippen LogP contribution in [-0.4, -0.2) is 97.4 Å². The third-order valence-corrected chi connectivity index (χ3v) is 4.44. The van der Waals surface area contributed by atoms with Crippen LogP contribution >= 0.6 is 0 Å². The molecule has 1 atom stereocenters. The molecule has 0 spiro atoms. The van der Waals surface area contributed by atoms with E-state index < -0.39 is 0 Å². The van der Waals surface area contributed by atoms with Crippen LogP contribution < -0.4 is 0 Å². The van der Waals surface area contributed by atoms with Gasteiger partial charge in [0.1, 0.15) is 5.84 Å². The molecule has 4 aliphatic rings. The molecule has 0 aromatic carbocycles. The van der Waals surface area contributed by atoms with Gasteiger partial charge in [0, 0.05) is 58.9 Å². The first-order valence-electron chi connectivity index (χ1n) is 6.72. The summed E-state index contributed by atoms with van der Waals surface area (Å²) in [7, 11) is 2.17. The van der Waals surface area contributed by atoms with Crippen LogP contribution in [0.3, 0.4) is 0 Å². The van der Waals surface area contributed by atoms with E-state index in [-0.39, 0.29) is 0 Å². The lowest BCUT2D eigenvalue weighted by molar-refractivity contribution is 0.0341. The molecule has 5 heteroatoms. The highest BCUT2D eigenvalue weighted by molar-refractivity contribution is 5.85. The molecule has 4 aliphatic heterocycles. The molecule has 0 amide bonds. The SMILES string of the molecule is CN1CCN(C(=N)C2CN3CCN2CC3)CC1. The topological polar surface area (TPSA) is 36.8 Å². The van der Waals surface area contributed by atoms with Crippen molar-refractivity contribution >= 4 is 5.84 Å². The van der Waals surface area contributed by atoms with Gasteiger partial charge in [0.2, 0.25) is 0 Å². The second kappa shape index (κ2) is 4.55. The summed E-state index contributed by atoms with van der Waals surface area (Å²) in [6.45, 7) is 10.0. The smallest absolute Gasteiger partial charge is 0.115 e. The van der Waals surface area contributed by atoms with Crippen molar-refractivity contribution in [3.05, 3.63) is 0 Å². The summed E-state index contributed by atoms with van der Waals surface area (Å²) < 4.78 is 0. The summed E-state index contributed by atoms with van der Waals surface area (Å²) in [5.74, 6) is 0.863. The van der Waals surface area contributed by atoms with Gasteiger partial charge in [-0.25, -0.2) is 0 Å². The van der Waals surface area contributed by atoms with Gasteiger partial charge in [-0.2, -0.15) is 0 Å². The van der Waals surface area contributed by atoms with Crippen LogP contribution in [0.2, 0.25) is 0 Å². The van der Waals surface area contributed by atoms with Crippen LogP contribution in [0.4, 0.5) is 0 Å². The van der Waals surface area contributed by atoms with Crippen molar-refractivity contribution in [3.63, 3.8) is 0 Å². The Labute approximate surface area is 103 Å². The van der Waals surface area contributed by atoms with Crippen LogP contribution in [0.1, 0.15) is 0 Å². The van der Waals surface area contributed by atoms with Gasteiger partial charge in [-0.15, -0.1) is 0 Å². The van der Waals surface area contributed by atoms with Gasteiger partial charge in [-0.1, -0.05) is 0 Å². The van der Waals surface area contributed by atoms with E-state index in [2.05, 4.69) is 26.6 Å². The van der Waals surface area contributed by atoms with Crippen LogP contribution in [0.5, 0.6) is 0 Å². The minimum Gasteiger partial charge on any atom is -0.357 e. The maximum Gasteiger partial charge on any atom is 0.115 e. The van der Waals surface area contributed by atoms with Gasteiger partial charge in [0.05, 0.1) is 6.04 Å². The molecule has 4 heterocycles. The van der Waals surface area contributed by atoms with Gasteiger partial charge < -0.3 is 9.80 Å². The Balaban J connectivity index is 1.62. The number of fused-ring (bicyclic) bond motifs is 3. The second-order valence-corrected chi connectivity index (χ2v) is 5.53. The molecule has 96 valence electrons. The Kier molecular flexibility index (Phi) is 3.06. The van der Waals surface area contributed by atoms with Gasteiger partial charge in [-0.05, 0) is 7.05 Å². The molecule has 17 heavy (non-hydrogen) atoms. The lowest BCUT2D eigenvalue weighted by Crippen LogP contribution is -2.66. The average Bonchev–Trinajstić information content (AvgIpc) is 2.40. The molecule has 5 nitrogen and oxygen atoms in total. The number of nitrogens with one attached hydrogen (secondary N) is 1. The van der Waals surface area contributed by atoms with Crippen LogP contribution in [0.15, 0.2) is 0 Å². The highest BCUT2D eigenvalue weighted by atomic mass is 15.4. The zero-order valence-electron chi connectivity index (χ0n) is 10.7. The molecule has 0 aliphatic carbocycles. The fourth-order valence-electron chi connectivity index (χ4n) is 3.14. The Hall–Kier alpha value is -0.650. The van der Waals surface area contributed by atoms with E-state index in [1.807, 2.05) is 0 Å². The van der Waals surface area contributed by atoms with Crippen molar-refractivity contribution in [1.82, 2.24) is 19.6 Å². The molecule has 0 radical (unpaired) electrons. The standard InChI is InChI=1S/C12H23N5/c1-14-2-6-17(7-3-14)12(13)11-10-15-4-8-16(11)9-5-15/h11,13H,2-10H2,1H3. The second-order valence-electron chi connectivity index (χ2n) is 5.53. The van der Waals surface area contributed by atoms with E-state index in [9.17, 15) is 0 Å². The van der Waals surface area contributed by atoms with Crippen molar-refractivity contribution in [1.29, 1.82) is 5.41 Å². The van der Waals surface area contributed by atoms with E-state index in [1.165, 1.54) is 13.1 Å². The molecule has 1 N–H and O–H groups in total. The summed E-state index contributed by atoms with van der Waals surface area (Å²) in [4.78, 5) is 9.64. The van der Waals surface area contributed by atoms with Gasteiger partial charge in [0.25, 0.3) is 0 Å². The fraction of sp³-hybridized carbons (Fsp3) is 0.917. The lowest BCUT2D eigenvalue weighted by Gasteiger charge is -2.49. The molecule has 4 fully saturated rings. The van der Waals surface area contributed by atoms with Crippen LogP contribution in [-0.2, 0) is 0 Å². The van der Waals surface area contributed by atoms with E-state index in [0.29, 0.717) is 6.04 Å². The van der Waals surface area contributed by atoms with E-state index in [4.69, 9.17) is 5.41 Å². The normalized spacial score (nSPS) is 38.4. The monoisotopic (exact) mass is 237 g/mol. The maximum absolute atomic E-state index is 8.44. The highest BCUT2D eigenvalue weighted by Crippen LogP contribution is 2.18. The number of hydrogen-bond donors (Lipinski definition) is 1. The number of piperazine rings is 4. The highest BCUT2D eigenvalue weighted by Gasteiger charge is 2.36. The summed E-state index contributed by atoms with van der Waals surface area (Å²) in [6, 6.07) is 0.362. The number of nitrogens with zero attached hydrogens (tertiary/aromatic N) is 4. The van der Waals surface area contributed by atoms with E-state index in [1.54, 1.807) is 0 Å². The van der Waals surface area contributed by atoms with Crippen molar-refractivity contribution < 1.29 is 0 Å². The Morgan fingerprint density at radius 2 is 1.59 bits per heavy atom. The maximum atomic E-state index is 8.44. The largest absolute Gasteiger partial charge is 0.357 e. The third-order valence-electron chi connectivity index (χ3n) is 4.44. The molecule has 4 saturated heterocycles. The first-order valence-corrected chi connectivity index (χ1v) is 6.72. The summed E-state index contributed by atoms with van der Waals surface area (Å²) in [5.41, 5.74) is 0. The molecular weight excluding hydrogens is 214 g/mol. The number of likely N-dealkylation sites (N-methyl/N-ethyl adjacent to an activating group) is 1. The van der Waals surface area contributed by atoms with Crippen molar-refractivity contribution in [2.24, 2.45) is 0 Å². The lowest BCUT2D eigenvalue weighted by atomic mass is 10.1. The minimum absolute atomic E-state index is 0.362. The number of rotatable bonds is 1. The number of hydrogen-bond acceptors (Lipinski definition) is 4. The van der Waals surface area contributed by atoms with Crippen molar-refractivity contribution in [2.45, 2.75) is 6.04 Å². The van der Waals surface area contributed by atoms with Gasteiger partial charge in [0.15, 0.2) is 0 Å². The van der Waals surface area contributed by atoms with E-state index in [0.717, 1.165) is 51.6 Å². The molecule has 2 bridgehead atoms. The predicted molar refractivity (Wildman–Crippen MR) is 68.6 cm³/mol. The predicted octanol–water partition coefficient (Wildman–Crippen LogP) is -0.789. The third kappa shape index (κ3) is 2.19. The zero-order chi connectivity index (χ0) is 11.8. The molecular formula is C12H23N5. The molecule has 0 aromatic heterocycles. The molecule has 0 saturated carbocycles. The Morgan fingerprint density at radius 3 is 2.12 bits per heavy atom. The fourth-order valence-corrected chi connectivity index (χ4v) is 3.14. The van der Waals surface area contributed by atoms with Crippen LogP contribution in [0, 0.1) is 5.41 Å². The molecule has 4 rings (SSSR count).